The van der Waals surface area contributed by atoms with Crippen molar-refractivity contribution >= 4 is 21.7 Å². The molecule has 0 aliphatic heterocycles. The molecular weight excluding hydrogens is 360 g/mol. The molecule has 2 aromatic heterocycles. The molecule has 0 radical (unpaired) electrons. The summed E-state index contributed by atoms with van der Waals surface area (Å²) in [6.45, 7) is 2.03. The zero-order valence-corrected chi connectivity index (χ0v) is 16.0. The highest BCUT2D eigenvalue weighted by atomic mass is 32.2. The Morgan fingerprint density at radius 2 is 1.93 bits per heavy atom. The quantitative estimate of drug-likeness (QED) is 0.708. The van der Waals surface area contributed by atoms with Gasteiger partial charge in [-0.25, -0.2) is 13.1 Å². The fraction of sp³-hybridized carbons (Fsp3) is 0.300. The van der Waals surface area contributed by atoms with Crippen LogP contribution in [0.25, 0.3) is 11.7 Å². The van der Waals surface area contributed by atoms with Crippen LogP contribution in [0.3, 0.4) is 0 Å². The number of pyridine rings is 1. The Labute approximate surface area is 159 Å². The predicted molar refractivity (Wildman–Crippen MR) is 105 cm³/mol. The maximum atomic E-state index is 13.1. The van der Waals surface area contributed by atoms with E-state index in [1.54, 1.807) is 6.08 Å². The number of nitrogens with zero attached hydrogens (tertiary/aromatic N) is 3. The predicted octanol–water partition coefficient (Wildman–Crippen LogP) is 3.48. The van der Waals surface area contributed by atoms with E-state index in [-0.39, 0.29) is 0 Å². The molecule has 27 heavy (non-hydrogen) atoms. The lowest BCUT2D eigenvalue weighted by molar-refractivity contribution is 0.520. The maximum absolute atomic E-state index is 13.1. The van der Waals surface area contributed by atoms with Gasteiger partial charge in [0, 0.05) is 6.20 Å². The summed E-state index contributed by atoms with van der Waals surface area (Å²) in [5.41, 5.74) is 2.87. The monoisotopic (exact) mass is 382 g/mol. The van der Waals surface area contributed by atoms with Gasteiger partial charge in [-0.2, -0.15) is 0 Å². The lowest BCUT2D eigenvalue weighted by Gasteiger charge is -2.21. The molecule has 0 bridgehead atoms. The fourth-order valence-electron chi connectivity index (χ4n) is 3.51. The normalized spacial score (nSPS) is 15.4. The molecule has 0 spiro atoms. The van der Waals surface area contributed by atoms with E-state index in [2.05, 4.69) is 14.9 Å². The van der Waals surface area contributed by atoms with Crippen molar-refractivity contribution in [1.82, 2.24) is 19.3 Å². The topological polar surface area (TPSA) is 76.4 Å². The first-order chi connectivity index (χ1) is 13.1. The Morgan fingerprint density at radius 3 is 2.78 bits per heavy atom. The van der Waals surface area contributed by atoms with Gasteiger partial charge in [0.05, 0.1) is 10.9 Å². The van der Waals surface area contributed by atoms with Crippen molar-refractivity contribution in [3.8, 4) is 0 Å². The molecule has 0 amide bonds. The summed E-state index contributed by atoms with van der Waals surface area (Å²) in [5, 5.41) is 8.40. The zero-order chi connectivity index (χ0) is 18.9. The van der Waals surface area contributed by atoms with Gasteiger partial charge in [-0.1, -0.05) is 43.7 Å². The van der Waals surface area contributed by atoms with E-state index in [0.29, 0.717) is 29.2 Å². The number of hydrogen-bond acceptors (Lipinski definition) is 4. The molecular formula is C20H22N4O2S. The molecule has 3 aromatic rings. The first kappa shape index (κ1) is 17.9. The Balaban J connectivity index is 1.66. The molecule has 0 fully saturated rings. The van der Waals surface area contributed by atoms with Gasteiger partial charge in [-0.3, -0.25) is 4.40 Å². The van der Waals surface area contributed by atoms with Crippen LogP contribution in [-0.4, -0.2) is 23.0 Å². The van der Waals surface area contributed by atoms with Gasteiger partial charge in [0.1, 0.15) is 0 Å². The van der Waals surface area contributed by atoms with Crippen LogP contribution in [-0.2, 0) is 16.4 Å². The van der Waals surface area contributed by atoms with Crippen molar-refractivity contribution in [2.45, 2.75) is 38.6 Å². The van der Waals surface area contributed by atoms with Crippen molar-refractivity contribution in [3.63, 3.8) is 0 Å². The minimum Gasteiger partial charge on any atom is -0.285 e. The molecule has 1 aliphatic rings. The minimum atomic E-state index is -3.61. The SMILES string of the molecule is CCCC(NS(=O)(=O)C1=Cc2ccccc2CC1)c1nnc2ccccn12. The summed E-state index contributed by atoms with van der Waals surface area (Å²) in [5.74, 6) is 0.618. The minimum absolute atomic E-state index is 0.421. The highest BCUT2D eigenvalue weighted by Crippen LogP contribution is 2.28. The van der Waals surface area contributed by atoms with E-state index in [1.807, 2.05) is 60.0 Å². The maximum Gasteiger partial charge on any atom is 0.237 e. The van der Waals surface area contributed by atoms with Crippen molar-refractivity contribution < 1.29 is 8.42 Å². The molecule has 2 heterocycles. The Hall–Kier alpha value is -2.51. The molecule has 1 unspecified atom stereocenters. The molecule has 0 saturated carbocycles. The van der Waals surface area contributed by atoms with Crippen LogP contribution in [0.1, 0.15) is 49.2 Å². The second kappa shape index (κ2) is 7.25. The third-order valence-electron chi connectivity index (χ3n) is 4.88. The lowest BCUT2D eigenvalue weighted by Crippen LogP contribution is -2.31. The standard InChI is InChI=1S/C20H22N4O2S/c1-2-7-18(20-22-21-19-10-5-6-13-24(19)20)23-27(25,26)17-12-11-15-8-3-4-9-16(15)14-17/h3-6,8-10,13-14,18,23H,2,7,11-12H2,1H3. The van der Waals surface area contributed by atoms with Gasteiger partial charge >= 0.3 is 0 Å². The van der Waals surface area contributed by atoms with Crippen molar-refractivity contribution in [2.75, 3.05) is 0 Å². The average Bonchev–Trinajstić information content (AvgIpc) is 3.11. The Kier molecular flexibility index (Phi) is 4.80. The highest BCUT2D eigenvalue weighted by Gasteiger charge is 2.27. The molecule has 0 saturated heterocycles. The number of sulfonamides is 1. The van der Waals surface area contributed by atoms with Crippen LogP contribution in [0.5, 0.6) is 0 Å². The first-order valence-electron chi connectivity index (χ1n) is 9.19. The van der Waals surface area contributed by atoms with Crippen LogP contribution >= 0.6 is 0 Å². The summed E-state index contributed by atoms with van der Waals surface area (Å²) >= 11 is 0. The first-order valence-corrected chi connectivity index (χ1v) is 10.7. The fourth-order valence-corrected chi connectivity index (χ4v) is 4.91. The number of hydrogen-bond donors (Lipinski definition) is 1. The summed E-state index contributed by atoms with van der Waals surface area (Å²) in [7, 11) is -3.61. The number of allylic oxidation sites excluding steroid dienone is 1. The van der Waals surface area contributed by atoms with Crippen LogP contribution in [0.4, 0.5) is 0 Å². The summed E-state index contributed by atoms with van der Waals surface area (Å²) in [6.07, 6.45) is 6.36. The molecule has 6 nitrogen and oxygen atoms in total. The van der Waals surface area contributed by atoms with Crippen molar-refractivity contribution in [3.05, 3.63) is 70.5 Å². The number of fused-ring (bicyclic) bond motifs is 2. The van der Waals surface area contributed by atoms with E-state index >= 15 is 0 Å². The van der Waals surface area contributed by atoms with E-state index in [4.69, 9.17) is 0 Å². The van der Waals surface area contributed by atoms with E-state index in [9.17, 15) is 8.42 Å². The number of aromatic nitrogens is 3. The van der Waals surface area contributed by atoms with Crippen molar-refractivity contribution in [2.24, 2.45) is 0 Å². The molecule has 7 heteroatoms. The summed E-state index contributed by atoms with van der Waals surface area (Å²) in [4.78, 5) is 0.427. The Bertz CT molecular complexity index is 1100. The molecule has 1 atom stereocenters. The van der Waals surface area contributed by atoms with Crippen LogP contribution in [0, 0.1) is 0 Å². The Morgan fingerprint density at radius 1 is 1.11 bits per heavy atom. The van der Waals surface area contributed by atoms with E-state index in [0.717, 1.165) is 18.4 Å². The van der Waals surface area contributed by atoms with Crippen LogP contribution < -0.4 is 4.72 Å². The van der Waals surface area contributed by atoms with Gasteiger partial charge in [-0.05, 0) is 48.6 Å². The molecule has 140 valence electrons. The second-order valence-electron chi connectivity index (χ2n) is 6.76. The number of aryl methyl sites for hydroxylation is 1. The third-order valence-corrected chi connectivity index (χ3v) is 6.49. The van der Waals surface area contributed by atoms with E-state index < -0.39 is 16.1 Å². The summed E-state index contributed by atoms with van der Waals surface area (Å²) in [6, 6.07) is 13.1. The molecule has 1 N–H and O–H groups in total. The van der Waals surface area contributed by atoms with Gasteiger partial charge in [-0.15, -0.1) is 10.2 Å². The van der Waals surface area contributed by atoms with Crippen LogP contribution in [0.2, 0.25) is 0 Å². The smallest absolute Gasteiger partial charge is 0.237 e. The van der Waals surface area contributed by atoms with Gasteiger partial charge in [0.2, 0.25) is 10.0 Å². The number of benzene rings is 1. The lowest BCUT2D eigenvalue weighted by atomic mass is 9.98. The van der Waals surface area contributed by atoms with Gasteiger partial charge in [0.15, 0.2) is 11.5 Å². The van der Waals surface area contributed by atoms with Crippen LogP contribution in [0.15, 0.2) is 53.6 Å². The number of nitrogens with one attached hydrogen (secondary N) is 1. The highest BCUT2D eigenvalue weighted by molar-refractivity contribution is 7.93. The molecule has 1 aromatic carbocycles. The third kappa shape index (κ3) is 3.52. The average molecular weight is 382 g/mol. The van der Waals surface area contributed by atoms with Gasteiger partial charge in [0.25, 0.3) is 0 Å². The zero-order valence-electron chi connectivity index (χ0n) is 15.2. The second-order valence-corrected chi connectivity index (χ2v) is 8.53. The molecule has 4 rings (SSSR count). The number of rotatable bonds is 6. The van der Waals surface area contributed by atoms with Gasteiger partial charge < -0.3 is 0 Å². The molecule has 1 aliphatic carbocycles. The largest absolute Gasteiger partial charge is 0.285 e. The van der Waals surface area contributed by atoms with Crippen molar-refractivity contribution in [1.29, 1.82) is 0 Å². The van der Waals surface area contributed by atoms with E-state index in [1.165, 1.54) is 5.56 Å². The summed E-state index contributed by atoms with van der Waals surface area (Å²) < 4.78 is 30.9.